The van der Waals surface area contributed by atoms with Gasteiger partial charge < -0.3 is 9.30 Å². The van der Waals surface area contributed by atoms with Crippen molar-refractivity contribution in [1.82, 2.24) is 4.40 Å². The van der Waals surface area contributed by atoms with Crippen molar-refractivity contribution in [3.05, 3.63) is 163 Å². The van der Waals surface area contributed by atoms with E-state index in [1.165, 1.54) is 88.2 Å². The molecule has 0 fully saturated rings. The highest BCUT2D eigenvalue weighted by Gasteiger charge is 2.38. The lowest BCUT2D eigenvalue weighted by Gasteiger charge is -2.38. The standard InChI is InChI=1S/C46H35BN2/c1-46(2,3)31-28-35-34-21-11-14-24-40(34)49-42-27-26-39-45(43(42)36(29-31)44(35)49)48(32-18-8-5-9-19-32)41-25-15-13-23-38(41)47(39)37-22-12-10-20-33(37)30-16-6-4-7-17-30/h4-29H,1-3H3. The number of aromatic nitrogens is 1. The summed E-state index contributed by atoms with van der Waals surface area (Å²) < 4.78 is 2.53. The molecule has 0 amide bonds. The van der Waals surface area contributed by atoms with Crippen molar-refractivity contribution in [3.8, 4) is 11.1 Å². The third-order valence-corrected chi connectivity index (χ3v) is 10.7. The van der Waals surface area contributed by atoms with Crippen molar-refractivity contribution in [2.75, 3.05) is 4.90 Å². The van der Waals surface area contributed by atoms with Crippen LogP contribution >= 0.6 is 0 Å². The van der Waals surface area contributed by atoms with Gasteiger partial charge in [0.15, 0.2) is 0 Å². The van der Waals surface area contributed by atoms with Gasteiger partial charge in [-0.25, -0.2) is 0 Å². The van der Waals surface area contributed by atoms with Crippen molar-refractivity contribution in [1.29, 1.82) is 0 Å². The van der Waals surface area contributed by atoms with Crippen LogP contribution in [0.5, 0.6) is 0 Å². The van der Waals surface area contributed by atoms with Crippen molar-refractivity contribution >= 4 is 78.3 Å². The lowest BCUT2D eigenvalue weighted by atomic mass is 9.34. The third kappa shape index (κ3) is 4.02. The molecule has 10 rings (SSSR count). The second-order valence-electron chi connectivity index (χ2n) is 14.5. The van der Waals surface area contributed by atoms with E-state index in [9.17, 15) is 0 Å². The van der Waals surface area contributed by atoms with Crippen LogP contribution in [0.2, 0.25) is 0 Å². The zero-order valence-electron chi connectivity index (χ0n) is 28.0. The average Bonchev–Trinajstić information content (AvgIpc) is 3.66. The minimum absolute atomic E-state index is 0.00559. The molecule has 1 aliphatic heterocycles. The van der Waals surface area contributed by atoms with Crippen LogP contribution in [0.1, 0.15) is 26.3 Å². The molecule has 0 radical (unpaired) electrons. The van der Waals surface area contributed by atoms with Crippen LogP contribution in [0.15, 0.2) is 158 Å². The molecule has 0 N–H and O–H groups in total. The summed E-state index contributed by atoms with van der Waals surface area (Å²) in [4.78, 5) is 2.54. The van der Waals surface area contributed by atoms with Gasteiger partial charge in [-0.15, -0.1) is 0 Å². The van der Waals surface area contributed by atoms with Crippen LogP contribution in [0, 0.1) is 0 Å². The molecule has 2 aromatic heterocycles. The molecule has 9 aromatic rings. The number of rotatable bonds is 3. The first-order valence-corrected chi connectivity index (χ1v) is 17.3. The third-order valence-electron chi connectivity index (χ3n) is 10.7. The molecule has 3 heterocycles. The Hall–Kier alpha value is -5.80. The highest BCUT2D eigenvalue weighted by Crippen LogP contribution is 2.47. The van der Waals surface area contributed by atoms with Gasteiger partial charge in [0, 0.05) is 32.9 Å². The van der Waals surface area contributed by atoms with Crippen LogP contribution in [0.25, 0.3) is 49.2 Å². The van der Waals surface area contributed by atoms with E-state index < -0.39 is 0 Å². The van der Waals surface area contributed by atoms with E-state index in [2.05, 4.69) is 188 Å². The molecule has 0 aliphatic carbocycles. The first kappa shape index (κ1) is 28.2. The van der Waals surface area contributed by atoms with E-state index in [0.717, 1.165) is 0 Å². The Labute approximate surface area is 287 Å². The van der Waals surface area contributed by atoms with Gasteiger partial charge in [0.1, 0.15) is 0 Å². The largest absolute Gasteiger partial charge is 0.311 e. The van der Waals surface area contributed by atoms with E-state index in [4.69, 9.17) is 0 Å². The van der Waals surface area contributed by atoms with Crippen LogP contribution in [-0.4, -0.2) is 11.1 Å². The summed E-state index contributed by atoms with van der Waals surface area (Å²) in [5, 5.41) is 5.28. The number of hydrogen-bond acceptors (Lipinski definition) is 1. The van der Waals surface area contributed by atoms with E-state index in [0.29, 0.717) is 0 Å². The summed E-state index contributed by atoms with van der Waals surface area (Å²) in [7, 11) is 0. The molecule has 0 spiro atoms. The fourth-order valence-corrected chi connectivity index (χ4v) is 8.53. The Morgan fingerprint density at radius 1 is 0.510 bits per heavy atom. The molecule has 0 saturated heterocycles. The smallest absolute Gasteiger partial charge is 0.247 e. The van der Waals surface area contributed by atoms with E-state index >= 15 is 0 Å². The maximum absolute atomic E-state index is 2.54. The second kappa shape index (κ2) is 10.4. The molecule has 3 heteroatoms. The minimum atomic E-state index is -0.00559. The van der Waals surface area contributed by atoms with E-state index in [-0.39, 0.29) is 12.1 Å². The van der Waals surface area contributed by atoms with Crippen LogP contribution < -0.4 is 21.3 Å². The lowest BCUT2D eigenvalue weighted by molar-refractivity contribution is 0.592. The van der Waals surface area contributed by atoms with E-state index in [1.54, 1.807) is 0 Å². The molecule has 0 bridgehead atoms. The second-order valence-corrected chi connectivity index (χ2v) is 14.5. The first-order valence-electron chi connectivity index (χ1n) is 17.3. The molecule has 2 nitrogen and oxygen atoms in total. The SMILES string of the molecule is CC(C)(C)c1cc2c3ccccc3n3c4ccc5c(c4c(c1)c23)N(c1ccccc1)c1ccccc1B5c1ccccc1-c1ccccc1. The Kier molecular flexibility index (Phi) is 5.96. The summed E-state index contributed by atoms with van der Waals surface area (Å²) >= 11 is 0. The minimum Gasteiger partial charge on any atom is -0.311 e. The molecule has 1 aliphatic rings. The van der Waals surface area contributed by atoms with Gasteiger partial charge in [0.2, 0.25) is 6.71 Å². The van der Waals surface area contributed by atoms with Gasteiger partial charge in [-0.1, -0.05) is 141 Å². The van der Waals surface area contributed by atoms with Crippen molar-refractivity contribution < 1.29 is 0 Å². The molecule has 7 aromatic carbocycles. The number of fused-ring (bicyclic) bond motifs is 9. The molecule has 232 valence electrons. The predicted octanol–water partition coefficient (Wildman–Crippen LogP) is 10.1. The highest BCUT2D eigenvalue weighted by atomic mass is 15.2. The first-order chi connectivity index (χ1) is 24.0. The Bertz CT molecular complexity index is 2700. The van der Waals surface area contributed by atoms with Crippen LogP contribution in [0.4, 0.5) is 17.1 Å². The van der Waals surface area contributed by atoms with Gasteiger partial charge in [-0.2, -0.15) is 0 Å². The lowest BCUT2D eigenvalue weighted by Crippen LogP contribution is -2.57. The quantitative estimate of drug-likeness (QED) is 0.177. The topological polar surface area (TPSA) is 7.65 Å². The van der Waals surface area contributed by atoms with E-state index in [1.807, 2.05) is 0 Å². The zero-order valence-corrected chi connectivity index (χ0v) is 28.0. The fraction of sp³-hybridized carbons (Fsp3) is 0.0870. The zero-order chi connectivity index (χ0) is 32.9. The number of anilines is 3. The normalized spacial score (nSPS) is 13.1. The number of para-hydroxylation sites is 3. The maximum Gasteiger partial charge on any atom is 0.247 e. The summed E-state index contributed by atoms with van der Waals surface area (Å²) in [5.41, 5.74) is 15.3. The maximum atomic E-state index is 2.54. The summed E-state index contributed by atoms with van der Waals surface area (Å²) in [6, 6.07) is 58.5. The molecule has 0 unspecified atom stereocenters. The summed E-state index contributed by atoms with van der Waals surface area (Å²) in [6.45, 7) is 7.05. The fourth-order valence-electron chi connectivity index (χ4n) is 8.53. The Morgan fingerprint density at radius 2 is 1.16 bits per heavy atom. The highest BCUT2D eigenvalue weighted by molar-refractivity contribution is 6.99. The molecule has 49 heavy (non-hydrogen) atoms. The number of nitrogens with zero attached hydrogens (tertiary/aromatic N) is 2. The molecular formula is C46H35BN2. The average molecular weight is 627 g/mol. The Morgan fingerprint density at radius 3 is 1.96 bits per heavy atom. The number of hydrogen-bond donors (Lipinski definition) is 0. The molecular weight excluding hydrogens is 591 g/mol. The van der Waals surface area contributed by atoms with Crippen LogP contribution in [0.3, 0.4) is 0 Å². The summed E-state index contributed by atoms with van der Waals surface area (Å²) in [5.74, 6) is 0. The summed E-state index contributed by atoms with van der Waals surface area (Å²) in [6.07, 6.45) is 0. The van der Waals surface area contributed by atoms with Crippen molar-refractivity contribution in [3.63, 3.8) is 0 Å². The Balaban J connectivity index is 1.40. The molecule has 0 atom stereocenters. The van der Waals surface area contributed by atoms with Crippen LogP contribution in [-0.2, 0) is 5.41 Å². The van der Waals surface area contributed by atoms with Gasteiger partial charge in [-0.3, -0.25) is 0 Å². The predicted molar refractivity (Wildman–Crippen MR) is 211 cm³/mol. The van der Waals surface area contributed by atoms with Crippen molar-refractivity contribution in [2.45, 2.75) is 26.2 Å². The molecule has 0 saturated carbocycles. The van der Waals surface area contributed by atoms with Crippen molar-refractivity contribution in [2.24, 2.45) is 0 Å². The number of benzene rings is 7. The monoisotopic (exact) mass is 626 g/mol. The van der Waals surface area contributed by atoms with Gasteiger partial charge in [0.05, 0.1) is 22.2 Å². The van der Waals surface area contributed by atoms with Gasteiger partial charge in [0.25, 0.3) is 0 Å². The van der Waals surface area contributed by atoms with Gasteiger partial charge >= 0.3 is 0 Å². The van der Waals surface area contributed by atoms with Gasteiger partial charge in [-0.05, 0) is 75.5 Å².